The number of hydrazine groups is 1. The number of hydrogen-bond donors (Lipinski definition) is 3. The monoisotopic (exact) mass is 324 g/mol. The Hall–Kier alpha value is -1.80. The summed E-state index contributed by atoms with van der Waals surface area (Å²) in [6.45, 7) is 1.61. The third-order valence-corrected chi connectivity index (χ3v) is 3.94. The minimum absolute atomic E-state index is 0.336. The lowest BCUT2D eigenvalue weighted by Gasteiger charge is -2.33. The first-order chi connectivity index (χ1) is 10.0. The molecule has 9 heteroatoms. The molecule has 6 nitrogen and oxygen atoms in total. The molecule has 0 spiro atoms. The number of carboxylic acids is 1. The van der Waals surface area contributed by atoms with E-state index >= 15 is 0 Å². The molecule has 0 bridgehead atoms. The Morgan fingerprint density at radius 3 is 2.18 bits per heavy atom. The van der Waals surface area contributed by atoms with E-state index in [0.29, 0.717) is 25.7 Å². The highest BCUT2D eigenvalue weighted by atomic mass is 19.4. The van der Waals surface area contributed by atoms with Gasteiger partial charge in [0.25, 0.3) is 0 Å². The molecule has 1 rings (SSSR count). The summed E-state index contributed by atoms with van der Waals surface area (Å²) in [5.74, 6) is -2.79. The van der Waals surface area contributed by atoms with Crippen molar-refractivity contribution in [1.82, 2.24) is 10.9 Å². The van der Waals surface area contributed by atoms with Crippen LogP contribution in [0.1, 0.15) is 45.4 Å². The van der Waals surface area contributed by atoms with E-state index in [-0.39, 0.29) is 0 Å². The van der Waals surface area contributed by atoms with Crippen molar-refractivity contribution in [3.8, 4) is 0 Å². The molecule has 0 saturated heterocycles. The van der Waals surface area contributed by atoms with Crippen LogP contribution in [0.5, 0.6) is 0 Å². The lowest BCUT2D eigenvalue weighted by atomic mass is 9.71. The zero-order chi connectivity index (χ0) is 17.0. The van der Waals surface area contributed by atoms with Gasteiger partial charge in [-0.2, -0.15) is 13.2 Å². The largest absolute Gasteiger partial charge is 0.481 e. The van der Waals surface area contributed by atoms with Crippen LogP contribution in [0.15, 0.2) is 0 Å². The summed E-state index contributed by atoms with van der Waals surface area (Å²) in [6, 6.07) is 0. The van der Waals surface area contributed by atoms with Crippen LogP contribution in [-0.2, 0) is 14.4 Å². The van der Waals surface area contributed by atoms with Crippen LogP contribution in [0.25, 0.3) is 0 Å². The van der Waals surface area contributed by atoms with Gasteiger partial charge in [-0.15, -0.1) is 0 Å². The van der Waals surface area contributed by atoms with Crippen molar-refractivity contribution in [3.63, 3.8) is 0 Å². The highest BCUT2D eigenvalue weighted by Gasteiger charge is 2.39. The van der Waals surface area contributed by atoms with Crippen LogP contribution in [0, 0.1) is 11.3 Å². The smallest absolute Gasteiger partial charge is 0.389 e. The summed E-state index contributed by atoms with van der Waals surface area (Å²) in [7, 11) is 0. The van der Waals surface area contributed by atoms with Gasteiger partial charge in [0.1, 0.15) is 0 Å². The summed E-state index contributed by atoms with van der Waals surface area (Å²) in [5.41, 5.74) is 3.18. The maximum absolute atomic E-state index is 11.9. The van der Waals surface area contributed by atoms with Crippen molar-refractivity contribution >= 4 is 17.8 Å². The topological polar surface area (TPSA) is 95.5 Å². The predicted octanol–water partition coefficient (Wildman–Crippen LogP) is 1.76. The molecule has 126 valence electrons. The molecule has 0 heterocycles. The van der Waals surface area contributed by atoms with Gasteiger partial charge in [0.05, 0.1) is 11.8 Å². The van der Waals surface area contributed by atoms with Crippen molar-refractivity contribution in [2.45, 2.75) is 51.6 Å². The summed E-state index contributed by atoms with van der Waals surface area (Å²) in [6.07, 6.45) is -5.06. The molecular weight excluding hydrogens is 305 g/mol. The number of amides is 2. The highest BCUT2D eigenvalue weighted by molar-refractivity contribution is 5.83. The molecule has 1 fully saturated rings. The Morgan fingerprint density at radius 2 is 1.73 bits per heavy atom. The van der Waals surface area contributed by atoms with E-state index in [9.17, 15) is 27.6 Å². The van der Waals surface area contributed by atoms with Gasteiger partial charge in [0.2, 0.25) is 11.8 Å². The maximum Gasteiger partial charge on any atom is 0.389 e. The van der Waals surface area contributed by atoms with Gasteiger partial charge in [0.15, 0.2) is 0 Å². The van der Waals surface area contributed by atoms with E-state index in [4.69, 9.17) is 5.11 Å². The SMILES string of the molecule is CC1(C(=O)O)CCC(C(=O)NNC(=O)CCC(F)(F)F)CC1. The van der Waals surface area contributed by atoms with Crippen molar-refractivity contribution in [1.29, 1.82) is 0 Å². The minimum atomic E-state index is -4.42. The predicted molar refractivity (Wildman–Crippen MR) is 69.3 cm³/mol. The highest BCUT2D eigenvalue weighted by Crippen LogP contribution is 2.38. The fraction of sp³-hybridized carbons (Fsp3) is 0.769. The Labute approximate surface area is 125 Å². The van der Waals surface area contributed by atoms with Crippen molar-refractivity contribution in [3.05, 3.63) is 0 Å². The number of rotatable bonds is 4. The molecule has 0 atom stereocenters. The van der Waals surface area contributed by atoms with E-state index in [0.717, 1.165) is 0 Å². The van der Waals surface area contributed by atoms with Crippen LogP contribution in [-0.4, -0.2) is 29.1 Å². The summed E-state index contributed by atoms with van der Waals surface area (Å²) in [4.78, 5) is 34.0. The fourth-order valence-corrected chi connectivity index (χ4v) is 2.28. The molecule has 0 aliphatic heterocycles. The molecule has 0 aromatic carbocycles. The zero-order valence-corrected chi connectivity index (χ0v) is 12.1. The molecule has 1 aliphatic rings. The Balaban J connectivity index is 2.33. The Kier molecular flexibility index (Phi) is 5.78. The third kappa shape index (κ3) is 5.53. The number of carbonyl (C=O) groups excluding carboxylic acids is 2. The number of carbonyl (C=O) groups is 3. The van der Waals surface area contributed by atoms with E-state index < -0.39 is 48.1 Å². The number of halogens is 3. The van der Waals surface area contributed by atoms with Gasteiger partial charge in [-0.05, 0) is 32.6 Å². The molecule has 0 unspecified atom stereocenters. The lowest BCUT2D eigenvalue weighted by Crippen LogP contribution is -2.46. The van der Waals surface area contributed by atoms with E-state index in [1.807, 2.05) is 5.43 Å². The minimum Gasteiger partial charge on any atom is -0.481 e. The number of alkyl halides is 3. The van der Waals surface area contributed by atoms with Gasteiger partial charge in [0, 0.05) is 12.3 Å². The molecule has 2 amide bonds. The van der Waals surface area contributed by atoms with Gasteiger partial charge in [-0.25, -0.2) is 0 Å². The second-order valence-electron chi connectivity index (χ2n) is 5.79. The first-order valence-electron chi connectivity index (χ1n) is 6.92. The molecule has 0 radical (unpaired) electrons. The zero-order valence-electron chi connectivity index (χ0n) is 12.1. The number of aliphatic carboxylic acids is 1. The molecular formula is C13H19F3N2O4. The first kappa shape index (κ1) is 18.2. The second-order valence-corrected chi connectivity index (χ2v) is 5.79. The maximum atomic E-state index is 11.9. The van der Waals surface area contributed by atoms with E-state index in [2.05, 4.69) is 5.43 Å². The van der Waals surface area contributed by atoms with Gasteiger partial charge < -0.3 is 5.11 Å². The Morgan fingerprint density at radius 1 is 1.18 bits per heavy atom. The number of carboxylic acid groups (broad SMARTS) is 1. The summed E-state index contributed by atoms with van der Waals surface area (Å²) in [5, 5.41) is 9.07. The summed E-state index contributed by atoms with van der Waals surface area (Å²) < 4.78 is 35.8. The van der Waals surface area contributed by atoms with Crippen molar-refractivity contribution < 1.29 is 32.7 Å². The quantitative estimate of drug-likeness (QED) is 0.687. The first-order valence-corrected chi connectivity index (χ1v) is 6.92. The van der Waals surface area contributed by atoms with E-state index in [1.54, 1.807) is 6.92 Å². The second kappa shape index (κ2) is 6.97. The average Bonchev–Trinajstić information content (AvgIpc) is 2.42. The molecule has 1 saturated carbocycles. The normalized spacial score (nSPS) is 25.4. The molecule has 0 aromatic heterocycles. The average molecular weight is 324 g/mol. The van der Waals surface area contributed by atoms with Crippen LogP contribution >= 0.6 is 0 Å². The molecule has 22 heavy (non-hydrogen) atoms. The molecule has 0 aromatic rings. The standard InChI is InChI=1S/C13H19F3N2O4/c1-12(11(21)22)5-2-8(3-6-12)10(20)18-17-9(19)4-7-13(14,15)16/h8H,2-7H2,1H3,(H,17,19)(H,18,20)(H,21,22). The van der Waals surface area contributed by atoms with Crippen molar-refractivity contribution in [2.24, 2.45) is 11.3 Å². The molecule has 1 aliphatic carbocycles. The fourth-order valence-electron chi connectivity index (χ4n) is 2.28. The lowest BCUT2D eigenvalue weighted by molar-refractivity contribution is -0.151. The van der Waals surface area contributed by atoms with Crippen LogP contribution < -0.4 is 10.9 Å². The third-order valence-electron chi connectivity index (χ3n) is 3.94. The van der Waals surface area contributed by atoms with Crippen LogP contribution in [0.4, 0.5) is 13.2 Å². The Bertz CT molecular complexity index is 443. The molecule has 3 N–H and O–H groups in total. The number of hydrogen-bond acceptors (Lipinski definition) is 3. The van der Waals surface area contributed by atoms with Gasteiger partial charge in [-0.1, -0.05) is 0 Å². The van der Waals surface area contributed by atoms with Crippen LogP contribution in [0.3, 0.4) is 0 Å². The van der Waals surface area contributed by atoms with Crippen LogP contribution in [0.2, 0.25) is 0 Å². The van der Waals surface area contributed by atoms with E-state index in [1.165, 1.54) is 0 Å². The summed E-state index contributed by atoms with van der Waals surface area (Å²) >= 11 is 0. The van der Waals surface area contributed by atoms with Gasteiger partial charge in [-0.3, -0.25) is 25.2 Å². The van der Waals surface area contributed by atoms with Gasteiger partial charge >= 0.3 is 12.1 Å². The van der Waals surface area contributed by atoms with Crippen molar-refractivity contribution in [2.75, 3.05) is 0 Å². The number of nitrogens with one attached hydrogen (secondary N) is 2.